The lowest BCUT2D eigenvalue weighted by atomic mass is 9.67. The van der Waals surface area contributed by atoms with Crippen LogP contribution in [0, 0.1) is 17.8 Å². The van der Waals surface area contributed by atoms with Crippen LogP contribution in [0.4, 0.5) is 13.2 Å². The maximum Gasteiger partial charge on any atom is 0.406 e. The first-order valence-corrected chi connectivity index (χ1v) is 8.63. The van der Waals surface area contributed by atoms with Gasteiger partial charge in [0, 0.05) is 25.0 Å². The zero-order chi connectivity index (χ0) is 17.5. The lowest BCUT2D eigenvalue weighted by Crippen LogP contribution is -2.54. The van der Waals surface area contributed by atoms with E-state index in [0.29, 0.717) is 11.8 Å². The summed E-state index contributed by atoms with van der Waals surface area (Å²) in [7, 11) is 0. The number of amides is 2. The number of alkyl halides is 3. The van der Waals surface area contributed by atoms with Crippen molar-refractivity contribution in [3.63, 3.8) is 0 Å². The molecule has 3 atom stereocenters. The van der Waals surface area contributed by atoms with Gasteiger partial charge in [-0.3, -0.25) is 9.59 Å². The highest BCUT2D eigenvalue weighted by Gasteiger charge is 2.44. The molecule has 5 nitrogen and oxygen atoms in total. The summed E-state index contributed by atoms with van der Waals surface area (Å²) < 4.78 is 37.4. The van der Waals surface area contributed by atoms with Gasteiger partial charge in [0.25, 0.3) is 0 Å². The van der Waals surface area contributed by atoms with Crippen LogP contribution in [-0.2, 0) is 9.59 Å². The second-order valence-corrected chi connectivity index (χ2v) is 7.51. The van der Waals surface area contributed by atoms with Crippen molar-refractivity contribution in [3.8, 4) is 0 Å². The molecular formula is C16H24F3N3O2. The van der Waals surface area contributed by atoms with E-state index in [-0.39, 0.29) is 31.0 Å². The number of nitrogens with one attached hydrogen (secondary N) is 1. The molecule has 3 aliphatic rings. The van der Waals surface area contributed by atoms with Crippen molar-refractivity contribution >= 4 is 11.8 Å². The third-order valence-corrected chi connectivity index (χ3v) is 5.64. The Morgan fingerprint density at radius 3 is 2.46 bits per heavy atom. The second kappa shape index (κ2) is 6.54. The largest absolute Gasteiger partial charge is 0.406 e. The predicted molar refractivity (Wildman–Crippen MR) is 80.7 cm³/mol. The molecule has 0 aromatic rings. The van der Waals surface area contributed by atoms with Crippen LogP contribution in [0.25, 0.3) is 0 Å². The lowest BCUT2D eigenvalue weighted by molar-refractivity contribution is -0.157. The number of nitrogens with zero attached hydrogens (tertiary/aromatic N) is 1. The second-order valence-electron chi connectivity index (χ2n) is 7.51. The molecule has 0 aromatic heterocycles. The van der Waals surface area contributed by atoms with Crippen LogP contribution in [0.15, 0.2) is 0 Å². The third kappa shape index (κ3) is 3.84. The van der Waals surface area contributed by atoms with Crippen molar-refractivity contribution in [2.45, 2.75) is 56.8 Å². The Kier molecular flexibility index (Phi) is 4.77. The highest BCUT2D eigenvalue weighted by atomic mass is 19.4. The molecular weight excluding hydrogens is 323 g/mol. The molecule has 0 radical (unpaired) electrons. The molecule has 8 heteroatoms. The van der Waals surface area contributed by atoms with Crippen molar-refractivity contribution < 1.29 is 22.8 Å². The fourth-order valence-electron chi connectivity index (χ4n) is 4.62. The number of hydrogen-bond acceptors (Lipinski definition) is 3. The van der Waals surface area contributed by atoms with Crippen LogP contribution < -0.4 is 11.1 Å². The van der Waals surface area contributed by atoms with Crippen molar-refractivity contribution in [1.29, 1.82) is 0 Å². The smallest absolute Gasteiger partial charge is 0.353 e. The van der Waals surface area contributed by atoms with Crippen molar-refractivity contribution in [1.82, 2.24) is 10.2 Å². The van der Waals surface area contributed by atoms with Crippen molar-refractivity contribution in [3.05, 3.63) is 0 Å². The predicted octanol–water partition coefficient (Wildman–Crippen LogP) is 1.42. The summed E-state index contributed by atoms with van der Waals surface area (Å²) in [6, 6.07) is 0.224. The average Bonchev–Trinajstić information content (AvgIpc) is 2.79. The summed E-state index contributed by atoms with van der Waals surface area (Å²) in [5, 5.41) is 3.03. The molecule has 24 heavy (non-hydrogen) atoms. The molecule has 0 aromatic carbocycles. The summed E-state index contributed by atoms with van der Waals surface area (Å²) >= 11 is 0. The van der Waals surface area contributed by atoms with Gasteiger partial charge in [-0.15, -0.1) is 0 Å². The van der Waals surface area contributed by atoms with Gasteiger partial charge < -0.3 is 16.0 Å². The molecule has 3 rings (SSSR count). The van der Waals surface area contributed by atoms with E-state index in [1.807, 2.05) is 0 Å². The number of carbonyl (C=O) groups is 2. The highest BCUT2D eigenvalue weighted by molar-refractivity contribution is 5.89. The molecule has 1 aliphatic heterocycles. The number of fused-ring (bicyclic) bond motifs is 2. The first-order chi connectivity index (χ1) is 11.2. The molecule has 3 N–H and O–H groups in total. The first-order valence-electron chi connectivity index (χ1n) is 8.63. The molecule has 3 fully saturated rings. The van der Waals surface area contributed by atoms with Gasteiger partial charge in [0.15, 0.2) is 0 Å². The molecule has 2 bridgehead atoms. The summed E-state index contributed by atoms with van der Waals surface area (Å²) in [5.74, 6) is -0.875. The van der Waals surface area contributed by atoms with Gasteiger partial charge >= 0.3 is 6.18 Å². The minimum Gasteiger partial charge on any atom is -0.353 e. The fraction of sp³-hybridized carbons (Fsp3) is 0.875. The Labute approximate surface area is 139 Å². The zero-order valence-corrected chi connectivity index (χ0v) is 13.5. The van der Waals surface area contributed by atoms with Crippen molar-refractivity contribution in [2.24, 2.45) is 23.5 Å². The topological polar surface area (TPSA) is 75.4 Å². The molecule has 2 amide bonds. The minimum absolute atomic E-state index is 0.0535. The summed E-state index contributed by atoms with van der Waals surface area (Å²) in [5.41, 5.74) is 6.06. The SMILES string of the molecule is NC1CC2CCCC(C1)C2NC(=O)C1CC(=O)N(CC(F)(F)F)C1. The van der Waals surface area contributed by atoms with Crippen molar-refractivity contribution in [2.75, 3.05) is 13.1 Å². The van der Waals surface area contributed by atoms with Gasteiger partial charge in [-0.25, -0.2) is 0 Å². The van der Waals surface area contributed by atoms with E-state index < -0.39 is 24.5 Å². The molecule has 0 spiro atoms. The van der Waals surface area contributed by atoms with Gasteiger partial charge in [-0.05, 0) is 37.5 Å². The summed E-state index contributed by atoms with van der Waals surface area (Å²) in [6.45, 7) is -1.43. The molecule has 1 saturated heterocycles. The van der Waals surface area contributed by atoms with Gasteiger partial charge in [0.05, 0.1) is 5.92 Å². The quantitative estimate of drug-likeness (QED) is 0.811. The summed E-state index contributed by atoms with van der Waals surface area (Å²) in [4.78, 5) is 24.9. The normalized spacial score (nSPS) is 36.8. The van der Waals surface area contributed by atoms with Crippen LogP contribution in [0.2, 0.25) is 0 Å². The highest BCUT2D eigenvalue weighted by Crippen LogP contribution is 2.40. The Bertz CT molecular complexity index is 497. The average molecular weight is 347 g/mol. The van der Waals surface area contributed by atoms with E-state index in [2.05, 4.69) is 5.32 Å². The zero-order valence-electron chi connectivity index (χ0n) is 13.5. The summed E-state index contributed by atoms with van der Waals surface area (Å²) in [6.07, 6.45) is 0.380. The molecule has 2 saturated carbocycles. The Balaban J connectivity index is 1.58. The van der Waals surface area contributed by atoms with Gasteiger partial charge in [0.1, 0.15) is 6.54 Å². The minimum atomic E-state index is -4.43. The number of nitrogens with two attached hydrogens (primary N) is 1. The van der Waals surface area contributed by atoms with E-state index >= 15 is 0 Å². The van der Waals surface area contributed by atoms with E-state index in [1.54, 1.807) is 0 Å². The third-order valence-electron chi connectivity index (χ3n) is 5.64. The van der Waals surface area contributed by atoms with Crippen LogP contribution in [0.5, 0.6) is 0 Å². The van der Waals surface area contributed by atoms with E-state index in [9.17, 15) is 22.8 Å². The van der Waals surface area contributed by atoms with Crippen LogP contribution in [0.3, 0.4) is 0 Å². The van der Waals surface area contributed by atoms with E-state index in [0.717, 1.165) is 37.0 Å². The molecule has 3 unspecified atom stereocenters. The molecule has 1 heterocycles. The lowest BCUT2D eigenvalue weighted by Gasteiger charge is -2.45. The number of rotatable bonds is 3. The van der Waals surface area contributed by atoms with Gasteiger partial charge in [-0.2, -0.15) is 13.2 Å². The fourth-order valence-corrected chi connectivity index (χ4v) is 4.62. The number of halogens is 3. The first kappa shape index (κ1) is 17.5. The number of likely N-dealkylation sites (tertiary alicyclic amines) is 1. The van der Waals surface area contributed by atoms with Gasteiger partial charge in [-0.1, -0.05) is 6.42 Å². The van der Waals surface area contributed by atoms with Crippen LogP contribution >= 0.6 is 0 Å². The standard InChI is InChI=1S/C16H24F3N3O2/c17-16(18,19)8-22-7-11(6-13(22)23)15(24)21-14-9-2-1-3-10(14)5-12(20)4-9/h9-12,14H,1-8,20H2,(H,21,24). The van der Waals surface area contributed by atoms with Crippen LogP contribution in [0.1, 0.15) is 38.5 Å². The Morgan fingerprint density at radius 1 is 1.25 bits per heavy atom. The maximum atomic E-state index is 12.5. The van der Waals surface area contributed by atoms with Gasteiger partial charge in [0.2, 0.25) is 11.8 Å². The number of hydrogen-bond donors (Lipinski definition) is 2. The number of carbonyl (C=O) groups excluding carboxylic acids is 2. The van der Waals surface area contributed by atoms with Crippen LogP contribution in [-0.4, -0.2) is 48.1 Å². The Morgan fingerprint density at radius 2 is 1.88 bits per heavy atom. The molecule has 2 aliphatic carbocycles. The monoisotopic (exact) mass is 347 g/mol. The Hall–Kier alpha value is -1.31. The van der Waals surface area contributed by atoms with E-state index in [1.165, 1.54) is 0 Å². The maximum absolute atomic E-state index is 12.5. The van der Waals surface area contributed by atoms with E-state index in [4.69, 9.17) is 5.73 Å². The molecule has 136 valence electrons.